The quantitative estimate of drug-likeness (QED) is 0.810. The van der Waals surface area contributed by atoms with E-state index < -0.39 is 0 Å². The van der Waals surface area contributed by atoms with Crippen molar-refractivity contribution in [1.29, 1.82) is 0 Å². The lowest BCUT2D eigenvalue weighted by Crippen LogP contribution is -2.44. The van der Waals surface area contributed by atoms with E-state index in [0.29, 0.717) is 24.3 Å². The summed E-state index contributed by atoms with van der Waals surface area (Å²) in [5.41, 5.74) is 1.28. The Hall–Kier alpha value is -2.08. The van der Waals surface area contributed by atoms with Gasteiger partial charge >= 0.3 is 0 Å². The Kier molecular flexibility index (Phi) is 5.08. The summed E-state index contributed by atoms with van der Waals surface area (Å²) in [7, 11) is 3.85. The number of carbonyl (C=O) groups is 2. The topological polar surface area (TPSA) is 53.1 Å². The predicted molar refractivity (Wildman–Crippen MR) is 102 cm³/mol. The highest BCUT2D eigenvalue weighted by atomic mass is 16.5. The average molecular weight is 371 g/mol. The van der Waals surface area contributed by atoms with E-state index in [1.165, 1.54) is 5.56 Å². The first kappa shape index (κ1) is 18.3. The van der Waals surface area contributed by atoms with Crippen molar-refractivity contribution in [3.05, 3.63) is 29.8 Å². The number of nitrogens with zero attached hydrogens (tertiary/aromatic N) is 3. The summed E-state index contributed by atoms with van der Waals surface area (Å²) in [6.45, 7) is 3.58. The monoisotopic (exact) mass is 371 g/mol. The summed E-state index contributed by atoms with van der Waals surface area (Å²) < 4.78 is 5.28. The van der Waals surface area contributed by atoms with E-state index >= 15 is 0 Å². The van der Waals surface area contributed by atoms with E-state index in [2.05, 4.69) is 24.1 Å². The van der Waals surface area contributed by atoms with Crippen molar-refractivity contribution in [1.82, 2.24) is 14.7 Å². The van der Waals surface area contributed by atoms with Crippen LogP contribution in [0.5, 0.6) is 5.75 Å². The Bertz CT molecular complexity index is 705. The second-order valence-corrected chi connectivity index (χ2v) is 8.15. The molecule has 3 saturated heterocycles. The molecule has 3 heterocycles. The maximum atomic E-state index is 12.8. The van der Waals surface area contributed by atoms with Gasteiger partial charge in [0.1, 0.15) is 5.75 Å². The zero-order chi connectivity index (χ0) is 19.0. The van der Waals surface area contributed by atoms with Gasteiger partial charge in [-0.05, 0) is 43.5 Å². The molecular weight excluding hydrogens is 342 g/mol. The molecule has 1 aromatic carbocycles. The van der Waals surface area contributed by atoms with E-state index in [4.69, 9.17) is 4.74 Å². The van der Waals surface area contributed by atoms with Crippen LogP contribution >= 0.6 is 0 Å². The zero-order valence-electron chi connectivity index (χ0n) is 16.3. The Morgan fingerprint density at radius 2 is 1.93 bits per heavy atom. The molecule has 3 aliphatic rings. The van der Waals surface area contributed by atoms with Gasteiger partial charge in [0.05, 0.1) is 13.7 Å². The number of benzene rings is 1. The Balaban J connectivity index is 1.42. The molecule has 3 aliphatic heterocycles. The largest absolute Gasteiger partial charge is 0.497 e. The van der Waals surface area contributed by atoms with Crippen LogP contribution in [0.4, 0.5) is 0 Å². The maximum Gasteiger partial charge on any atom is 0.242 e. The number of amides is 2. The van der Waals surface area contributed by atoms with Crippen LogP contribution in [0.25, 0.3) is 0 Å². The SMILES string of the molecule is COc1ccc([C@@H]2[C@@H]3CN(C(=O)CN4CCCCC4=O)C[C@@H]3CN2C)cc1. The van der Waals surface area contributed by atoms with E-state index in [1.807, 2.05) is 17.0 Å². The average Bonchev–Trinajstić information content (AvgIpc) is 3.20. The lowest BCUT2D eigenvalue weighted by atomic mass is 9.89. The molecule has 27 heavy (non-hydrogen) atoms. The lowest BCUT2D eigenvalue weighted by Gasteiger charge is -2.30. The molecule has 6 nitrogen and oxygen atoms in total. The molecule has 3 fully saturated rings. The highest BCUT2D eigenvalue weighted by Gasteiger charge is 2.47. The summed E-state index contributed by atoms with van der Waals surface area (Å²) >= 11 is 0. The molecule has 0 radical (unpaired) electrons. The van der Waals surface area contributed by atoms with Crippen LogP contribution in [0.3, 0.4) is 0 Å². The van der Waals surface area contributed by atoms with Gasteiger partial charge in [0.25, 0.3) is 0 Å². The maximum absolute atomic E-state index is 12.8. The fourth-order valence-electron chi connectivity index (χ4n) is 5.06. The first-order chi connectivity index (χ1) is 13.1. The van der Waals surface area contributed by atoms with Gasteiger partial charge in [0.2, 0.25) is 11.8 Å². The van der Waals surface area contributed by atoms with Gasteiger partial charge in [0, 0.05) is 44.6 Å². The molecule has 146 valence electrons. The normalized spacial score (nSPS) is 28.5. The predicted octanol–water partition coefficient (Wildman–Crippen LogP) is 1.77. The van der Waals surface area contributed by atoms with Gasteiger partial charge in [-0.3, -0.25) is 14.5 Å². The van der Waals surface area contributed by atoms with Crippen molar-refractivity contribution < 1.29 is 14.3 Å². The molecule has 1 aromatic rings. The van der Waals surface area contributed by atoms with Crippen LogP contribution in [0.2, 0.25) is 0 Å². The van der Waals surface area contributed by atoms with Crippen molar-refractivity contribution in [2.75, 3.05) is 46.9 Å². The first-order valence-electron chi connectivity index (χ1n) is 9.96. The number of fused-ring (bicyclic) bond motifs is 1. The van der Waals surface area contributed by atoms with E-state index in [9.17, 15) is 9.59 Å². The van der Waals surface area contributed by atoms with Gasteiger partial charge in [-0.15, -0.1) is 0 Å². The van der Waals surface area contributed by atoms with Crippen LogP contribution < -0.4 is 4.74 Å². The summed E-state index contributed by atoms with van der Waals surface area (Å²) in [6, 6.07) is 8.63. The van der Waals surface area contributed by atoms with Crippen molar-refractivity contribution in [3.8, 4) is 5.75 Å². The molecule has 0 spiro atoms. The highest BCUT2D eigenvalue weighted by Crippen LogP contribution is 2.44. The number of ether oxygens (including phenoxy) is 1. The molecule has 0 N–H and O–H groups in total. The van der Waals surface area contributed by atoms with Gasteiger partial charge in [0.15, 0.2) is 0 Å². The van der Waals surface area contributed by atoms with Crippen LogP contribution in [0, 0.1) is 11.8 Å². The van der Waals surface area contributed by atoms with Crippen LogP contribution in [-0.2, 0) is 9.59 Å². The number of rotatable bonds is 4. The molecule has 2 amide bonds. The molecule has 0 aliphatic carbocycles. The summed E-state index contributed by atoms with van der Waals surface area (Å²) in [5, 5.41) is 0. The van der Waals surface area contributed by atoms with Gasteiger partial charge < -0.3 is 14.5 Å². The van der Waals surface area contributed by atoms with Crippen molar-refractivity contribution in [2.45, 2.75) is 25.3 Å². The smallest absolute Gasteiger partial charge is 0.242 e. The van der Waals surface area contributed by atoms with Gasteiger partial charge in [-0.25, -0.2) is 0 Å². The molecule has 0 aromatic heterocycles. The standard InChI is InChI=1S/C21H29N3O3/c1-22-11-16-12-24(20(26)14-23-10-4-3-5-19(23)25)13-18(16)21(22)15-6-8-17(27-2)9-7-15/h6-9,16,18,21H,3-5,10-14H2,1-2H3/t16-,18+,21+/m0/s1. The second-order valence-electron chi connectivity index (χ2n) is 8.15. The molecule has 0 saturated carbocycles. The fraction of sp³-hybridized carbons (Fsp3) is 0.619. The molecule has 0 unspecified atom stereocenters. The highest BCUT2D eigenvalue weighted by molar-refractivity contribution is 5.85. The zero-order valence-corrected chi connectivity index (χ0v) is 16.3. The van der Waals surface area contributed by atoms with Crippen molar-refractivity contribution in [3.63, 3.8) is 0 Å². The van der Waals surface area contributed by atoms with E-state index in [0.717, 1.165) is 44.8 Å². The number of piperidine rings is 1. The number of carbonyl (C=O) groups excluding carboxylic acids is 2. The number of hydrogen-bond acceptors (Lipinski definition) is 4. The first-order valence-corrected chi connectivity index (χ1v) is 9.96. The summed E-state index contributed by atoms with van der Waals surface area (Å²) in [4.78, 5) is 31.0. The van der Waals surface area contributed by atoms with Crippen molar-refractivity contribution in [2.24, 2.45) is 11.8 Å². The molecule has 4 rings (SSSR count). The fourth-order valence-corrected chi connectivity index (χ4v) is 5.06. The van der Waals surface area contributed by atoms with Crippen LogP contribution in [0.1, 0.15) is 30.9 Å². The van der Waals surface area contributed by atoms with Crippen LogP contribution in [0.15, 0.2) is 24.3 Å². The van der Waals surface area contributed by atoms with E-state index in [1.54, 1.807) is 12.0 Å². The Morgan fingerprint density at radius 1 is 1.15 bits per heavy atom. The Morgan fingerprint density at radius 3 is 2.63 bits per heavy atom. The third-order valence-corrected chi connectivity index (χ3v) is 6.45. The molecule has 0 bridgehead atoms. The molecule has 3 atom stereocenters. The summed E-state index contributed by atoms with van der Waals surface area (Å²) in [6.07, 6.45) is 2.55. The van der Waals surface area contributed by atoms with Crippen LogP contribution in [-0.4, -0.2) is 73.4 Å². The van der Waals surface area contributed by atoms with Crippen molar-refractivity contribution >= 4 is 11.8 Å². The number of hydrogen-bond donors (Lipinski definition) is 0. The van der Waals surface area contributed by atoms with Gasteiger partial charge in [-0.2, -0.15) is 0 Å². The minimum Gasteiger partial charge on any atom is -0.497 e. The third kappa shape index (κ3) is 3.55. The Labute approximate surface area is 161 Å². The van der Waals surface area contributed by atoms with E-state index in [-0.39, 0.29) is 18.4 Å². The number of methoxy groups -OCH3 is 1. The molecule has 6 heteroatoms. The van der Waals surface area contributed by atoms with Gasteiger partial charge in [-0.1, -0.05) is 12.1 Å². The minimum atomic E-state index is 0.107. The molecular formula is C21H29N3O3. The third-order valence-electron chi connectivity index (χ3n) is 6.45. The number of likely N-dealkylation sites (tertiary alicyclic amines) is 3. The second kappa shape index (κ2) is 7.50. The minimum absolute atomic E-state index is 0.107. The summed E-state index contributed by atoms with van der Waals surface area (Å²) in [5.74, 6) is 2.05. The lowest BCUT2D eigenvalue weighted by molar-refractivity contribution is -0.141.